The quantitative estimate of drug-likeness (QED) is 0.791. The standard InChI is InChI=1S/C12H14ClNO2/c13-9-5-2-1-4-8(9)12(14)7-3-6-10(15)11(12)16/h1-2,4-5,10,15H,3,6-7,14H2/i3D2,6D2,7D2,10D. The SMILES string of the molecule is [2H]C1(O)C(=O)C(N)(c2ccccc2Cl)C([2H])([2H])C([2H])([2H])C1([2H])[2H]. The molecular weight excluding hydrogens is 226 g/mol. The fraction of sp³-hybridized carbons (Fsp3) is 0.417. The summed E-state index contributed by atoms with van der Waals surface area (Å²) in [5, 5.41) is 9.87. The number of hydrogen-bond acceptors (Lipinski definition) is 3. The Morgan fingerprint density at radius 2 is 2.31 bits per heavy atom. The van der Waals surface area contributed by atoms with Crippen molar-refractivity contribution in [3.63, 3.8) is 0 Å². The predicted octanol–water partition coefficient (Wildman–Crippen LogP) is 1.61. The number of nitrogens with two attached hydrogens (primary N) is 1. The lowest BCUT2D eigenvalue weighted by Crippen LogP contribution is -2.52. The Morgan fingerprint density at radius 1 is 1.62 bits per heavy atom. The van der Waals surface area contributed by atoms with E-state index in [9.17, 15) is 9.90 Å². The first-order valence-corrected chi connectivity index (χ1v) is 4.86. The highest BCUT2D eigenvalue weighted by atomic mass is 35.5. The summed E-state index contributed by atoms with van der Waals surface area (Å²) in [6, 6.07) is 5.31. The highest BCUT2D eigenvalue weighted by molar-refractivity contribution is 6.31. The van der Waals surface area contributed by atoms with Gasteiger partial charge >= 0.3 is 0 Å². The van der Waals surface area contributed by atoms with E-state index in [4.69, 9.17) is 26.9 Å². The number of ketones is 1. The van der Waals surface area contributed by atoms with Crippen molar-refractivity contribution >= 4 is 17.4 Å². The van der Waals surface area contributed by atoms with Crippen molar-refractivity contribution in [3.05, 3.63) is 34.9 Å². The second-order valence-electron chi connectivity index (χ2n) is 3.34. The molecular formula is C12H14ClNO2. The minimum Gasteiger partial charge on any atom is -0.385 e. The molecule has 86 valence electrons. The van der Waals surface area contributed by atoms with Crippen LogP contribution in [0.5, 0.6) is 0 Å². The molecule has 0 spiro atoms. The first kappa shape index (κ1) is 5.63. The summed E-state index contributed by atoms with van der Waals surface area (Å²) >= 11 is 5.94. The molecule has 1 fully saturated rings. The minimum absolute atomic E-state index is 0.165. The average Bonchev–Trinajstić information content (AvgIpc) is 2.44. The number of aliphatic hydroxyl groups is 1. The summed E-state index contributed by atoms with van der Waals surface area (Å²) in [7, 11) is 0. The Hall–Kier alpha value is -0.900. The molecule has 2 rings (SSSR count). The molecule has 16 heavy (non-hydrogen) atoms. The number of carbonyl (C=O) groups excluding carboxylic acids is 1. The highest BCUT2D eigenvalue weighted by Gasteiger charge is 2.43. The van der Waals surface area contributed by atoms with Crippen LogP contribution in [0.1, 0.15) is 34.3 Å². The smallest absolute Gasteiger partial charge is 0.185 e. The molecule has 1 aromatic carbocycles. The van der Waals surface area contributed by atoms with E-state index in [-0.39, 0.29) is 10.6 Å². The van der Waals surface area contributed by atoms with Gasteiger partial charge in [-0.15, -0.1) is 0 Å². The third kappa shape index (κ3) is 1.75. The van der Waals surface area contributed by atoms with Gasteiger partial charge in [0.05, 0.1) is 1.37 Å². The molecule has 1 aliphatic rings. The van der Waals surface area contributed by atoms with Gasteiger partial charge in [0.1, 0.15) is 11.6 Å². The molecule has 0 aliphatic heterocycles. The van der Waals surface area contributed by atoms with Crippen LogP contribution in [0.15, 0.2) is 24.3 Å². The molecule has 1 aromatic rings. The van der Waals surface area contributed by atoms with E-state index >= 15 is 0 Å². The molecule has 0 radical (unpaired) electrons. The van der Waals surface area contributed by atoms with Crippen molar-refractivity contribution < 1.29 is 19.5 Å². The van der Waals surface area contributed by atoms with E-state index in [1.165, 1.54) is 24.3 Å². The van der Waals surface area contributed by atoms with Gasteiger partial charge in [-0.05, 0) is 30.7 Å². The lowest BCUT2D eigenvalue weighted by atomic mass is 9.75. The largest absolute Gasteiger partial charge is 0.385 e. The van der Waals surface area contributed by atoms with Gasteiger partial charge in [-0.3, -0.25) is 4.79 Å². The molecule has 3 nitrogen and oxygen atoms in total. The first-order chi connectivity index (χ1) is 10.2. The van der Waals surface area contributed by atoms with Crippen molar-refractivity contribution in [1.82, 2.24) is 0 Å². The van der Waals surface area contributed by atoms with E-state index in [1.54, 1.807) is 0 Å². The zero-order chi connectivity index (χ0) is 18.1. The fourth-order valence-electron chi connectivity index (χ4n) is 1.46. The average molecular weight is 247 g/mol. The number of carbonyl (C=O) groups is 1. The van der Waals surface area contributed by atoms with E-state index in [0.29, 0.717) is 0 Å². The van der Waals surface area contributed by atoms with Gasteiger partial charge in [-0.1, -0.05) is 29.8 Å². The first-order valence-electron chi connectivity index (χ1n) is 7.98. The third-order valence-corrected chi connectivity index (χ3v) is 2.64. The normalized spacial score (nSPS) is 50.9. The summed E-state index contributed by atoms with van der Waals surface area (Å²) in [6.07, 6.45) is -13.9. The Balaban J connectivity index is 2.89. The molecule has 0 aromatic heterocycles. The van der Waals surface area contributed by atoms with Crippen LogP contribution in [-0.2, 0) is 10.3 Å². The summed E-state index contributed by atoms with van der Waals surface area (Å²) < 4.78 is 54.6. The van der Waals surface area contributed by atoms with Crippen LogP contribution in [0.4, 0.5) is 0 Å². The summed E-state index contributed by atoms with van der Waals surface area (Å²) in [6.45, 7) is 0. The molecule has 2 atom stereocenters. The molecule has 1 saturated carbocycles. The molecule has 0 amide bonds. The maximum atomic E-state index is 12.6. The summed E-state index contributed by atoms with van der Waals surface area (Å²) in [4.78, 5) is 12.6. The topological polar surface area (TPSA) is 63.3 Å². The van der Waals surface area contributed by atoms with Gasteiger partial charge in [0.25, 0.3) is 0 Å². The lowest BCUT2D eigenvalue weighted by molar-refractivity contribution is -0.136. The van der Waals surface area contributed by atoms with Crippen molar-refractivity contribution in [1.29, 1.82) is 0 Å². The zero-order valence-electron chi connectivity index (χ0n) is 15.1. The lowest BCUT2D eigenvalue weighted by Gasteiger charge is -2.35. The molecule has 2 unspecified atom stereocenters. The van der Waals surface area contributed by atoms with Gasteiger partial charge in [0.15, 0.2) is 5.78 Å². The zero-order valence-corrected chi connectivity index (χ0v) is 8.88. The van der Waals surface area contributed by atoms with Gasteiger partial charge in [-0.25, -0.2) is 0 Å². The molecule has 4 heteroatoms. The van der Waals surface area contributed by atoms with Crippen LogP contribution in [0.2, 0.25) is 5.02 Å². The second-order valence-corrected chi connectivity index (χ2v) is 3.75. The maximum absolute atomic E-state index is 12.6. The Morgan fingerprint density at radius 3 is 3.00 bits per heavy atom. The van der Waals surface area contributed by atoms with E-state index in [1.807, 2.05) is 0 Å². The summed E-state index contributed by atoms with van der Waals surface area (Å²) in [5.41, 5.74) is 2.70. The van der Waals surface area contributed by atoms with Gasteiger partial charge in [0.2, 0.25) is 0 Å². The van der Waals surface area contributed by atoms with Crippen molar-refractivity contribution in [2.24, 2.45) is 5.73 Å². The molecule has 0 saturated heterocycles. The van der Waals surface area contributed by atoms with E-state index in [0.717, 1.165) is 0 Å². The number of hydrogen-bond donors (Lipinski definition) is 2. The maximum Gasteiger partial charge on any atom is 0.185 e. The van der Waals surface area contributed by atoms with E-state index < -0.39 is 36.5 Å². The number of Topliss-reactive ketones (excluding diaryl/α,β-unsaturated/α-hetero) is 1. The highest BCUT2D eigenvalue weighted by Crippen LogP contribution is 2.35. The van der Waals surface area contributed by atoms with Crippen LogP contribution >= 0.6 is 11.6 Å². The minimum atomic E-state index is -3.60. The Kier molecular flexibility index (Phi) is 1.46. The van der Waals surface area contributed by atoms with Crippen LogP contribution in [0.25, 0.3) is 0 Å². The third-order valence-electron chi connectivity index (χ3n) is 2.31. The van der Waals surface area contributed by atoms with Crippen LogP contribution in [0.3, 0.4) is 0 Å². The second kappa shape index (κ2) is 4.17. The van der Waals surface area contributed by atoms with Crippen molar-refractivity contribution in [2.45, 2.75) is 30.7 Å². The molecule has 3 N–H and O–H groups in total. The number of benzene rings is 1. The van der Waals surface area contributed by atoms with E-state index in [2.05, 4.69) is 0 Å². The monoisotopic (exact) mass is 246 g/mol. The fourth-order valence-corrected chi connectivity index (χ4v) is 1.74. The molecule has 1 aliphatic carbocycles. The van der Waals surface area contributed by atoms with Crippen molar-refractivity contribution in [2.75, 3.05) is 0 Å². The number of halogens is 1. The predicted molar refractivity (Wildman–Crippen MR) is 62.2 cm³/mol. The van der Waals surface area contributed by atoms with Gasteiger partial charge < -0.3 is 10.8 Å². The molecule has 0 heterocycles. The number of rotatable bonds is 1. The van der Waals surface area contributed by atoms with Crippen LogP contribution < -0.4 is 5.73 Å². The summed E-state index contributed by atoms with van der Waals surface area (Å²) in [5.74, 6) is -1.71. The Bertz CT molecular complexity index is 679. The Labute approximate surface area is 109 Å². The molecule has 0 bridgehead atoms. The van der Waals surface area contributed by atoms with Gasteiger partial charge in [-0.2, -0.15) is 0 Å². The van der Waals surface area contributed by atoms with Crippen LogP contribution in [-0.4, -0.2) is 17.0 Å². The van der Waals surface area contributed by atoms with Crippen LogP contribution in [0, 0.1) is 0 Å². The van der Waals surface area contributed by atoms with Crippen molar-refractivity contribution in [3.8, 4) is 0 Å². The van der Waals surface area contributed by atoms with Gasteiger partial charge in [0, 0.05) is 13.2 Å².